The van der Waals surface area contributed by atoms with Crippen molar-refractivity contribution in [2.45, 2.75) is 44.6 Å². The molecule has 8 nitrogen and oxygen atoms in total. The lowest BCUT2D eigenvalue weighted by atomic mass is 10.3. The molecule has 0 aliphatic heterocycles. The van der Waals surface area contributed by atoms with Gasteiger partial charge in [0.25, 0.3) is 0 Å². The molecule has 0 spiro atoms. The summed E-state index contributed by atoms with van der Waals surface area (Å²) in [7, 11) is 0. The van der Waals surface area contributed by atoms with Crippen LogP contribution in [0.2, 0.25) is 0 Å². The molecule has 1 saturated carbocycles. The van der Waals surface area contributed by atoms with Crippen molar-refractivity contribution in [1.82, 2.24) is 20.5 Å². The Kier molecular flexibility index (Phi) is 6.84. The van der Waals surface area contributed by atoms with Crippen LogP contribution in [0.25, 0.3) is 0 Å². The number of halogens is 1. The summed E-state index contributed by atoms with van der Waals surface area (Å²) < 4.78 is 24.7. The van der Waals surface area contributed by atoms with Gasteiger partial charge in [-0.2, -0.15) is 10.1 Å². The Hall–Kier alpha value is -2.84. The second-order valence-corrected chi connectivity index (χ2v) is 6.37. The number of rotatable bonds is 9. The highest BCUT2D eigenvalue weighted by molar-refractivity contribution is 5.67. The third-order valence-electron chi connectivity index (χ3n) is 4.24. The average molecular weight is 377 g/mol. The van der Waals surface area contributed by atoms with Gasteiger partial charge in [0, 0.05) is 18.7 Å². The van der Waals surface area contributed by atoms with Gasteiger partial charge in [0.05, 0.1) is 12.8 Å². The number of nitrogens with zero attached hydrogens (tertiary/aromatic N) is 2. The van der Waals surface area contributed by atoms with Crippen LogP contribution >= 0.6 is 0 Å². The Bertz CT molecular complexity index is 720. The standard InChI is InChI=1S/C18H24FN5O3/c19-14-7-8-16(23-17(14)22-15-9-11-21-24-15)26-12-4-3-10-20-18(25)27-13-5-1-2-6-13/h7-9,11,13H,1-6,10,12H2,(H,20,25)(H2,21,22,23,24). The first kappa shape index (κ1) is 18.9. The number of nitrogens with one attached hydrogen (secondary N) is 3. The molecule has 0 aromatic carbocycles. The summed E-state index contributed by atoms with van der Waals surface area (Å²) in [6.07, 6.45) is 6.94. The maximum absolute atomic E-state index is 13.8. The van der Waals surface area contributed by atoms with Crippen LogP contribution in [0.1, 0.15) is 38.5 Å². The fourth-order valence-corrected chi connectivity index (χ4v) is 2.84. The van der Waals surface area contributed by atoms with E-state index in [4.69, 9.17) is 9.47 Å². The largest absolute Gasteiger partial charge is 0.478 e. The fraction of sp³-hybridized carbons (Fsp3) is 0.500. The molecule has 0 saturated heterocycles. The fourth-order valence-electron chi connectivity index (χ4n) is 2.84. The van der Waals surface area contributed by atoms with Crippen molar-refractivity contribution in [2.24, 2.45) is 0 Å². The normalized spacial score (nSPS) is 14.1. The number of aromatic amines is 1. The highest BCUT2D eigenvalue weighted by Gasteiger charge is 2.18. The molecule has 0 atom stereocenters. The molecule has 1 aliphatic carbocycles. The molecule has 2 heterocycles. The van der Waals surface area contributed by atoms with Gasteiger partial charge in [-0.15, -0.1) is 0 Å². The molecule has 1 fully saturated rings. The third kappa shape index (κ3) is 6.12. The van der Waals surface area contributed by atoms with E-state index >= 15 is 0 Å². The van der Waals surface area contributed by atoms with Crippen molar-refractivity contribution in [3.63, 3.8) is 0 Å². The molecule has 9 heteroatoms. The van der Waals surface area contributed by atoms with Crippen LogP contribution in [0.5, 0.6) is 5.88 Å². The summed E-state index contributed by atoms with van der Waals surface area (Å²) in [5.74, 6) is 0.441. The van der Waals surface area contributed by atoms with Crippen LogP contribution in [0.3, 0.4) is 0 Å². The number of hydrogen-bond donors (Lipinski definition) is 3. The lowest BCUT2D eigenvalue weighted by molar-refractivity contribution is 0.101. The zero-order chi connectivity index (χ0) is 18.9. The summed E-state index contributed by atoms with van der Waals surface area (Å²) >= 11 is 0. The van der Waals surface area contributed by atoms with Crippen molar-refractivity contribution in [2.75, 3.05) is 18.5 Å². The minimum Gasteiger partial charge on any atom is -0.478 e. The van der Waals surface area contributed by atoms with Crippen molar-refractivity contribution in [3.05, 3.63) is 30.2 Å². The van der Waals surface area contributed by atoms with E-state index in [2.05, 4.69) is 25.8 Å². The van der Waals surface area contributed by atoms with E-state index < -0.39 is 5.82 Å². The van der Waals surface area contributed by atoms with Crippen LogP contribution in [-0.4, -0.2) is 40.5 Å². The van der Waals surface area contributed by atoms with Gasteiger partial charge in [0.1, 0.15) is 11.9 Å². The molecule has 1 amide bonds. The molecule has 0 radical (unpaired) electrons. The third-order valence-corrected chi connectivity index (χ3v) is 4.24. The number of unbranched alkanes of at least 4 members (excludes halogenated alkanes) is 1. The summed E-state index contributed by atoms with van der Waals surface area (Å²) in [6, 6.07) is 4.44. The number of carbonyl (C=O) groups is 1. The molecular formula is C18H24FN5O3. The van der Waals surface area contributed by atoms with E-state index in [1.807, 2.05) is 0 Å². The zero-order valence-electron chi connectivity index (χ0n) is 15.0. The van der Waals surface area contributed by atoms with Crippen LogP contribution in [0, 0.1) is 5.82 Å². The molecule has 3 N–H and O–H groups in total. The van der Waals surface area contributed by atoms with Crippen molar-refractivity contribution >= 4 is 17.7 Å². The second-order valence-electron chi connectivity index (χ2n) is 6.37. The van der Waals surface area contributed by atoms with Gasteiger partial charge in [-0.3, -0.25) is 5.10 Å². The van der Waals surface area contributed by atoms with Gasteiger partial charge < -0.3 is 20.1 Å². The Balaban J connectivity index is 1.32. The number of aromatic nitrogens is 3. The molecule has 1 aliphatic rings. The zero-order valence-corrected chi connectivity index (χ0v) is 15.0. The van der Waals surface area contributed by atoms with E-state index in [1.54, 1.807) is 12.3 Å². The van der Waals surface area contributed by atoms with Gasteiger partial charge in [-0.25, -0.2) is 9.18 Å². The number of H-pyrrole nitrogens is 1. The second kappa shape index (κ2) is 9.75. The smallest absolute Gasteiger partial charge is 0.407 e. The van der Waals surface area contributed by atoms with Gasteiger partial charge in [0.2, 0.25) is 5.88 Å². The quantitative estimate of drug-likeness (QED) is 0.578. The lowest BCUT2D eigenvalue weighted by Crippen LogP contribution is -2.28. The van der Waals surface area contributed by atoms with E-state index in [9.17, 15) is 9.18 Å². The molecule has 2 aromatic rings. The maximum atomic E-state index is 13.8. The Morgan fingerprint density at radius 1 is 1.26 bits per heavy atom. The first-order valence-corrected chi connectivity index (χ1v) is 9.21. The predicted molar refractivity (Wildman–Crippen MR) is 97.5 cm³/mol. The van der Waals surface area contributed by atoms with Crippen LogP contribution in [0.15, 0.2) is 24.4 Å². The maximum Gasteiger partial charge on any atom is 0.407 e. The Labute approximate surface area is 156 Å². The average Bonchev–Trinajstić information content (AvgIpc) is 3.34. The number of anilines is 2. The van der Waals surface area contributed by atoms with Crippen LogP contribution < -0.4 is 15.4 Å². The monoisotopic (exact) mass is 377 g/mol. The molecule has 0 unspecified atom stereocenters. The van der Waals surface area contributed by atoms with Gasteiger partial charge in [0.15, 0.2) is 11.6 Å². The van der Waals surface area contributed by atoms with Crippen LogP contribution in [0.4, 0.5) is 20.8 Å². The van der Waals surface area contributed by atoms with Gasteiger partial charge >= 0.3 is 6.09 Å². The molecule has 27 heavy (non-hydrogen) atoms. The van der Waals surface area contributed by atoms with Crippen molar-refractivity contribution in [1.29, 1.82) is 0 Å². The Morgan fingerprint density at radius 2 is 2.11 bits per heavy atom. The number of amides is 1. The highest BCUT2D eigenvalue weighted by Crippen LogP contribution is 2.21. The first-order valence-electron chi connectivity index (χ1n) is 9.21. The molecule has 3 rings (SSSR count). The highest BCUT2D eigenvalue weighted by atomic mass is 19.1. The molecule has 146 valence electrons. The van der Waals surface area contributed by atoms with Crippen LogP contribution in [-0.2, 0) is 4.74 Å². The summed E-state index contributed by atoms with van der Waals surface area (Å²) in [6.45, 7) is 0.944. The SMILES string of the molecule is O=C(NCCCCOc1ccc(F)c(Nc2ccn[nH]2)n1)OC1CCCC1. The number of pyridine rings is 1. The van der Waals surface area contributed by atoms with E-state index in [0.717, 1.165) is 38.5 Å². The van der Waals surface area contributed by atoms with Crippen molar-refractivity contribution in [3.8, 4) is 5.88 Å². The topological polar surface area (TPSA) is 101 Å². The van der Waals surface area contributed by atoms with E-state index in [0.29, 0.717) is 24.8 Å². The van der Waals surface area contributed by atoms with Gasteiger partial charge in [-0.1, -0.05) is 0 Å². The van der Waals surface area contributed by atoms with E-state index in [-0.39, 0.29) is 18.0 Å². The van der Waals surface area contributed by atoms with Gasteiger partial charge in [-0.05, 0) is 44.6 Å². The minimum absolute atomic E-state index is 0.0630. The molecular weight excluding hydrogens is 353 g/mol. The summed E-state index contributed by atoms with van der Waals surface area (Å²) in [4.78, 5) is 15.7. The molecule has 0 bridgehead atoms. The van der Waals surface area contributed by atoms with Crippen molar-refractivity contribution < 1.29 is 18.7 Å². The molecule has 2 aromatic heterocycles. The first-order chi connectivity index (χ1) is 13.2. The summed E-state index contributed by atoms with van der Waals surface area (Å²) in [5, 5.41) is 12.0. The number of alkyl carbamates (subject to hydrolysis) is 1. The number of hydrogen-bond acceptors (Lipinski definition) is 6. The Morgan fingerprint density at radius 3 is 2.89 bits per heavy atom. The lowest BCUT2D eigenvalue weighted by Gasteiger charge is -2.12. The number of ether oxygens (including phenoxy) is 2. The van der Waals surface area contributed by atoms with E-state index in [1.165, 1.54) is 12.1 Å². The minimum atomic E-state index is -0.484. The number of carbonyl (C=O) groups excluding carboxylic acids is 1. The predicted octanol–water partition coefficient (Wildman–Crippen LogP) is 3.52. The summed E-state index contributed by atoms with van der Waals surface area (Å²) in [5.41, 5.74) is 0.